The van der Waals surface area contributed by atoms with Gasteiger partial charge in [0.1, 0.15) is 0 Å². The quantitative estimate of drug-likeness (QED) is 0.564. The molecule has 0 aromatic heterocycles. The van der Waals surface area contributed by atoms with Crippen LogP contribution in [0.4, 0.5) is 0 Å². The van der Waals surface area contributed by atoms with Gasteiger partial charge in [0.15, 0.2) is 0 Å². The lowest BCUT2D eigenvalue weighted by molar-refractivity contribution is 0.160. The zero-order valence-corrected chi connectivity index (χ0v) is 7.22. The molecule has 0 amide bonds. The van der Waals surface area contributed by atoms with Crippen LogP contribution in [-0.2, 0) is 4.74 Å². The maximum absolute atomic E-state index is 5.41. The second-order valence-corrected chi connectivity index (χ2v) is 4.02. The molecule has 0 spiro atoms. The van der Waals surface area contributed by atoms with Gasteiger partial charge in [-0.2, -0.15) is 0 Å². The third kappa shape index (κ3) is 1.76. The van der Waals surface area contributed by atoms with Gasteiger partial charge in [-0.3, -0.25) is 0 Å². The molecular formula is C10H18O. The van der Waals surface area contributed by atoms with Crippen molar-refractivity contribution in [2.24, 2.45) is 11.8 Å². The molecule has 0 unspecified atom stereocenters. The van der Waals surface area contributed by atoms with E-state index in [9.17, 15) is 0 Å². The lowest BCUT2D eigenvalue weighted by atomic mass is 9.80. The van der Waals surface area contributed by atoms with Crippen molar-refractivity contribution >= 4 is 0 Å². The SMILES string of the molecule is C1CCC([C@H]2CCOC2)CC1. The molecule has 0 aromatic rings. The summed E-state index contributed by atoms with van der Waals surface area (Å²) >= 11 is 0. The summed E-state index contributed by atoms with van der Waals surface area (Å²) in [5.74, 6) is 1.95. The van der Waals surface area contributed by atoms with Crippen LogP contribution in [0.2, 0.25) is 0 Å². The molecule has 1 saturated carbocycles. The minimum atomic E-state index is 0.926. The first-order chi connectivity index (χ1) is 5.47. The Morgan fingerprint density at radius 2 is 1.64 bits per heavy atom. The predicted octanol–water partition coefficient (Wildman–Crippen LogP) is 2.60. The van der Waals surface area contributed by atoms with Crippen molar-refractivity contribution in [3.8, 4) is 0 Å². The van der Waals surface area contributed by atoms with Gasteiger partial charge >= 0.3 is 0 Å². The molecule has 2 aliphatic rings. The first-order valence-electron chi connectivity index (χ1n) is 5.04. The first-order valence-corrected chi connectivity index (χ1v) is 5.04. The zero-order chi connectivity index (χ0) is 7.52. The second kappa shape index (κ2) is 3.57. The molecule has 64 valence electrons. The Bertz CT molecular complexity index is 110. The Morgan fingerprint density at radius 1 is 0.818 bits per heavy atom. The molecule has 1 heterocycles. The number of ether oxygens (including phenoxy) is 1. The maximum atomic E-state index is 5.41. The highest BCUT2D eigenvalue weighted by Crippen LogP contribution is 2.33. The molecule has 1 aliphatic heterocycles. The molecule has 1 heteroatoms. The fourth-order valence-electron chi connectivity index (χ4n) is 2.53. The van der Waals surface area contributed by atoms with E-state index in [1.165, 1.54) is 38.5 Å². The van der Waals surface area contributed by atoms with Crippen LogP contribution in [0.3, 0.4) is 0 Å². The molecular weight excluding hydrogens is 136 g/mol. The largest absolute Gasteiger partial charge is 0.381 e. The summed E-state index contributed by atoms with van der Waals surface area (Å²) in [6.45, 7) is 2.09. The van der Waals surface area contributed by atoms with Crippen molar-refractivity contribution in [1.82, 2.24) is 0 Å². The number of hydrogen-bond donors (Lipinski definition) is 0. The summed E-state index contributed by atoms with van der Waals surface area (Å²) in [6.07, 6.45) is 8.72. The van der Waals surface area contributed by atoms with Gasteiger partial charge in [0.05, 0.1) is 0 Å². The van der Waals surface area contributed by atoms with Gasteiger partial charge in [-0.1, -0.05) is 32.1 Å². The fourth-order valence-corrected chi connectivity index (χ4v) is 2.53. The van der Waals surface area contributed by atoms with Crippen LogP contribution in [0.1, 0.15) is 38.5 Å². The minimum Gasteiger partial charge on any atom is -0.381 e. The topological polar surface area (TPSA) is 9.23 Å². The molecule has 0 N–H and O–H groups in total. The van der Waals surface area contributed by atoms with Gasteiger partial charge in [0.2, 0.25) is 0 Å². The molecule has 0 radical (unpaired) electrons. The van der Waals surface area contributed by atoms with Crippen molar-refractivity contribution < 1.29 is 4.74 Å². The zero-order valence-electron chi connectivity index (χ0n) is 7.22. The van der Waals surface area contributed by atoms with Crippen molar-refractivity contribution in [3.63, 3.8) is 0 Å². The van der Waals surface area contributed by atoms with E-state index in [0.29, 0.717) is 0 Å². The van der Waals surface area contributed by atoms with Gasteiger partial charge in [-0.05, 0) is 18.3 Å². The fraction of sp³-hybridized carbons (Fsp3) is 1.00. The normalized spacial score (nSPS) is 34.4. The maximum Gasteiger partial charge on any atom is 0.0497 e. The number of rotatable bonds is 1. The molecule has 11 heavy (non-hydrogen) atoms. The molecule has 2 rings (SSSR count). The third-order valence-electron chi connectivity index (χ3n) is 3.28. The van der Waals surface area contributed by atoms with Crippen LogP contribution in [0.15, 0.2) is 0 Å². The van der Waals surface area contributed by atoms with E-state index in [-0.39, 0.29) is 0 Å². The summed E-state index contributed by atoms with van der Waals surface area (Å²) < 4.78 is 5.41. The molecule has 1 saturated heterocycles. The molecule has 2 fully saturated rings. The molecule has 1 aliphatic carbocycles. The van der Waals surface area contributed by atoms with E-state index >= 15 is 0 Å². The van der Waals surface area contributed by atoms with Crippen LogP contribution in [0.5, 0.6) is 0 Å². The van der Waals surface area contributed by atoms with E-state index in [1.807, 2.05) is 0 Å². The third-order valence-corrected chi connectivity index (χ3v) is 3.28. The van der Waals surface area contributed by atoms with Gasteiger partial charge in [-0.25, -0.2) is 0 Å². The summed E-state index contributed by atoms with van der Waals surface area (Å²) in [5.41, 5.74) is 0. The lowest BCUT2D eigenvalue weighted by Crippen LogP contribution is -2.17. The van der Waals surface area contributed by atoms with E-state index in [1.54, 1.807) is 0 Å². The second-order valence-electron chi connectivity index (χ2n) is 4.02. The lowest BCUT2D eigenvalue weighted by Gasteiger charge is -2.25. The smallest absolute Gasteiger partial charge is 0.0497 e. The van der Waals surface area contributed by atoms with E-state index < -0.39 is 0 Å². The molecule has 0 aromatic carbocycles. The molecule has 0 bridgehead atoms. The summed E-state index contributed by atoms with van der Waals surface area (Å²) in [6, 6.07) is 0. The Hall–Kier alpha value is -0.0400. The average Bonchev–Trinajstić information content (AvgIpc) is 2.58. The van der Waals surface area contributed by atoms with Crippen molar-refractivity contribution in [2.75, 3.05) is 13.2 Å². The van der Waals surface area contributed by atoms with Gasteiger partial charge in [0.25, 0.3) is 0 Å². The van der Waals surface area contributed by atoms with Crippen LogP contribution < -0.4 is 0 Å². The van der Waals surface area contributed by atoms with Crippen molar-refractivity contribution in [1.29, 1.82) is 0 Å². The summed E-state index contributed by atoms with van der Waals surface area (Å²) in [4.78, 5) is 0. The van der Waals surface area contributed by atoms with Crippen LogP contribution in [-0.4, -0.2) is 13.2 Å². The molecule has 1 nitrogen and oxygen atoms in total. The van der Waals surface area contributed by atoms with Gasteiger partial charge < -0.3 is 4.74 Å². The Labute approximate surface area is 69.1 Å². The highest BCUT2D eigenvalue weighted by atomic mass is 16.5. The standard InChI is InChI=1S/C10H18O/c1-2-4-9(5-3-1)10-6-7-11-8-10/h9-10H,1-8H2/t10-/m0/s1. The van der Waals surface area contributed by atoms with Crippen LogP contribution >= 0.6 is 0 Å². The number of hydrogen-bond acceptors (Lipinski definition) is 1. The van der Waals surface area contributed by atoms with E-state index in [4.69, 9.17) is 4.74 Å². The van der Waals surface area contributed by atoms with E-state index in [0.717, 1.165) is 25.0 Å². The summed E-state index contributed by atoms with van der Waals surface area (Å²) in [5, 5.41) is 0. The van der Waals surface area contributed by atoms with Crippen LogP contribution in [0.25, 0.3) is 0 Å². The van der Waals surface area contributed by atoms with E-state index in [2.05, 4.69) is 0 Å². The Balaban J connectivity index is 1.82. The van der Waals surface area contributed by atoms with Crippen molar-refractivity contribution in [3.05, 3.63) is 0 Å². The van der Waals surface area contributed by atoms with Gasteiger partial charge in [-0.15, -0.1) is 0 Å². The predicted molar refractivity (Wildman–Crippen MR) is 45.5 cm³/mol. The average molecular weight is 154 g/mol. The highest BCUT2D eigenvalue weighted by Gasteiger charge is 2.26. The first kappa shape index (κ1) is 7.60. The minimum absolute atomic E-state index is 0.926. The van der Waals surface area contributed by atoms with Crippen LogP contribution in [0, 0.1) is 11.8 Å². The Kier molecular flexibility index (Phi) is 2.47. The Morgan fingerprint density at radius 3 is 2.27 bits per heavy atom. The van der Waals surface area contributed by atoms with Crippen molar-refractivity contribution in [2.45, 2.75) is 38.5 Å². The summed E-state index contributed by atoms with van der Waals surface area (Å²) in [7, 11) is 0. The van der Waals surface area contributed by atoms with Gasteiger partial charge in [0, 0.05) is 13.2 Å². The molecule has 1 atom stereocenters. The monoisotopic (exact) mass is 154 g/mol. The highest BCUT2D eigenvalue weighted by molar-refractivity contribution is 4.76.